The molecule has 0 radical (unpaired) electrons. The zero-order valence-electron chi connectivity index (χ0n) is 28.0. The first-order valence-corrected chi connectivity index (χ1v) is 16.1. The Kier molecular flexibility index (Phi) is 22.0. The van der Waals surface area contributed by atoms with Crippen molar-refractivity contribution >= 4 is 0 Å². The molecule has 0 aliphatic heterocycles. The molecular formula is C39H54O6. The van der Waals surface area contributed by atoms with Gasteiger partial charge in [0.25, 0.3) is 0 Å². The average molecular weight is 619 g/mol. The molecule has 0 spiro atoms. The van der Waals surface area contributed by atoms with E-state index in [-0.39, 0.29) is 13.2 Å². The molecule has 45 heavy (non-hydrogen) atoms. The van der Waals surface area contributed by atoms with Gasteiger partial charge in [0, 0.05) is 0 Å². The number of hydrogen-bond donors (Lipinski definition) is 2. The molecule has 6 heteroatoms. The second-order valence-electron chi connectivity index (χ2n) is 9.54. The van der Waals surface area contributed by atoms with Crippen molar-refractivity contribution in [2.75, 3.05) is 27.4 Å². The van der Waals surface area contributed by atoms with Gasteiger partial charge in [-0.15, -0.1) is 0 Å². The number of methoxy groups -OCH3 is 2. The van der Waals surface area contributed by atoms with E-state index >= 15 is 0 Å². The summed E-state index contributed by atoms with van der Waals surface area (Å²) in [7, 11) is 3.19. The molecule has 0 saturated heterocycles. The van der Waals surface area contributed by atoms with Gasteiger partial charge in [0.1, 0.15) is 25.4 Å². The SMILES string of the molecule is C1CCCC1.CC.CC.COc1ccccc1OCC(O)c1ccccc1.COc1ccccc1OCC(O)c1ccccc1. The first-order chi connectivity index (χ1) is 22.1. The van der Waals surface area contributed by atoms with Crippen molar-refractivity contribution in [1.82, 2.24) is 0 Å². The summed E-state index contributed by atoms with van der Waals surface area (Å²) in [4.78, 5) is 0. The molecular weight excluding hydrogens is 564 g/mol. The Morgan fingerprint density at radius 1 is 0.444 bits per heavy atom. The van der Waals surface area contributed by atoms with Crippen LogP contribution in [0.25, 0.3) is 0 Å². The number of aliphatic hydroxyl groups excluding tert-OH is 2. The maximum atomic E-state index is 9.98. The number of benzene rings is 4. The topological polar surface area (TPSA) is 77.4 Å². The number of para-hydroxylation sites is 4. The van der Waals surface area contributed by atoms with Crippen LogP contribution in [0.3, 0.4) is 0 Å². The Labute approximate surface area is 271 Å². The molecule has 1 fully saturated rings. The zero-order chi connectivity index (χ0) is 33.1. The van der Waals surface area contributed by atoms with Crippen LogP contribution in [0.5, 0.6) is 23.0 Å². The second-order valence-corrected chi connectivity index (χ2v) is 9.54. The summed E-state index contributed by atoms with van der Waals surface area (Å²) >= 11 is 0. The van der Waals surface area contributed by atoms with Gasteiger partial charge in [0.15, 0.2) is 23.0 Å². The molecule has 0 bridgehead atoms. The molecule has 0 heterocycles. The Morgan fingerprint density at radius 3 is 1.00 bits per heavy atom. The minimum Gasteiger partial charge on any atom is -0.493 e. The maximum absolute atomic E-state index is 9.98. The van der Waals surface area contributed by atoms with Gasteiger partial charge < -0.3 is 29.2 Å². The third kappa shape index (κ3) is 15.5. The molecule has 2 atom stereocenters. The van der Waals surface area contributed by atoms with E-state index in [1.807, 2.05) is 137 Å². The van der Waals surface area contributed by atoms with E-state index in [1.165, 1.54) is 32.1 Å². The van der Waals surface area contributed by atoms with Gasteiger partial charge in [-0.3, -0.25) is 0 Å². The van der Waals surface area contributed by atoms with Crippen LogP contribution in [0.1, 0.15) is 83.1 Å². The van der Waals surface area contributed by atoms with Gasteiger partial charge >= 0.3 is 0 Å². The highest BCUT2D eigenvalue weighted by atomic mass is 16.5. The van der Waals surface area contributed by atoms with Crippen LogP contribution in [0.15, 0.2) is 109 Å². The Morgan fingerprint density at radius 2 is 0.711 bits per heavy atom. The highest BCUT2D eigenvalue weighted by Gasteiger charge is 2.11. The largest absolute Gasteiger partial charge is 0.493 e. The van der Waals surface area contributed by atoms with Crippen LogP contribution in [0, 0.1) is 0 Å². The highest BCUT2D eigenvalue weighted by molar-refractivity contribution is 5.40. The molecule has 1 aliphatic rings. The summed E-state index contributed by atoms with van der Waals surface area (Å²) in [6.45, 7) is 8.40. The standard InChI is InChI=1S/2C15H16O3.C5H10.2C2H6/c2*1-17-14-9-5-6-10-15(14)18-11-13(16)12-7-3-2-4-8-12;1-2-4-5-3-1;2*1-2/h2*2-10,13,16H,11H2,1H3;1-5H2;2*1-2H3. The van der Waals surface area contributed by atoms with E-state index in [9.17, 15) is 10.2 Å². The molecule has 246 valence electrons. The lowest BCUT2D eigenvalue weighted by atomic mass is 10.1. The van der Waals surface area contributed by atoms with Crippen LogP contribution >= 0.6 is 0 Å². The van der Waals surface area contributed by atoms with Gasteiger partial charge in [0.05, 0.1) is 14.2 Å². The Bertz CT molecular complexity index is 1130. The van der Waals surface area contributed by atoms with Gasteiger partial charge in [0.2, 0.25) is 0 Å². The molecule has 0 aromatic heterocycles. The summed E-state index contributed by atoms with van der Waals surface area (Å²) in [6.07, 6.45) is 6.22. The van der Waals surface area contributed by atoms with E-state index in [0.29, 0.717) is 23.0 Å². The van der Waals surface area contributed by atoms with Gasteiger partial charge in [-0.05, 0) is 35.4 Å². The fourth-order valence-corrected chi connectivity index (χ4v) is 4.24. The van der Waals surface area contributed by atoms with Crippen molar-refractivity contribution in [1.29, 1.82) is 0 Å². The Balaban J connectivity index is 0.000000355. The lowest BCUT2D eigenvalue weighted by Crippen LogP contribution is -2.10. The van der Waals surface area contributed by atoms with Crippen LogP contribution in [-0.2, 0) is 0 Å². The third-order valence-electron chi connectivity index (χ3n) is 6.55. The predicted molar refractivity (Wildman–Crippen MR) is 186 cm³/mol. The molecule has 2 unspecified atom stereocenters. The third-order valence-corrected chi connectivity index (χ3v) is 6.55. The summed E-state index contributed by atoms with van der Waals surface area (Å²) in [5.41, 5.74) is 1.68. The molecule has 4 aromatic carbocycles. The highest BCUT2D eigenvalue weighted by Crippen LogP contribution is 2.28. The smallest absolute Gasteiger partial charge is 0.161 e. The minimum atomic E-state index is -0.642. The van der Waals surface area contributed by atoms with Crippen LogP contribution in [0.4, 0.5) is 0 Å². The second kappa shape index (κ2) is 25.3. The van der Waals surface area contributed by atoms with Crippen LogP contribution in [0.2, 0.25) is 0 Å². The van der Waals surface area contributed by atoms with E-state index < -0.39 is 12.2 Å². The number of aliphatic hydroxyl groups is 2. The van der Waals surface area contributed by atoms with Gasteiger partial charge in [-0.2, -0.15) is 0 Å². The zero-order valence-corrected chi connectivity index (χ0v) is 28.0. The molecule has 5 rings (SSSR count). The lowest BCUT2D eigenvalue weighted by Gasteiger charge is -2.14. The molecule has 1 aliphatic carbocycles. The fourth-order valence-electron chi connectivity index (χ4n) is 4.24. The van der Waals surface area contributed by atoms with Crippen molar-refractivity contribution < 1.29 is 29.2 Å². The predicted octanol–water partition coefficient (Wildman–Crippen LogP) is 9.62. The van der Waals surface area contributed by atoms with Gasteiger partial charge in [-0.1, -0.05) is 145 Å². The van der Waals surface area contributed by atoms with Crippen molar-refractivity contribution in [3.05, 3.63) is 120 Å². The molecule has 1 saturated carbocycles. The summed E-state index contributed by atoms with van der Waals surface area (Å²) in [5, 5.41) is 20.0. The van der Waals surface area contributed by atoms with Crippen molar-refractivity contribution in [3.8, 4) is 23.0 Å². The molecule has 2 N–H and O–H groups in total. The number of ether oxygens (including phenoxy) is 4. The number of rotatable bonds is 10. The Hall–Kier alpha value is -4.00. The van der Waals surface area contributed by atoms with Gasteiger partial charge in [-0.25, -0.2) is 0 Å². The molecule has 0 amide bonds. The molecule has 4 aromatic rings. The first-order valence-electron chi connectivity index (χ1n) is 16.1. The fraction of sp³-hybridized carbons (Fsp3) is 0.385. The maximum Gasteiger partial charge on any atom is 0.161 e. The van der Waals surface area contributed by atoms with Crippen LogP contribution < -0.4 is 18.9 Å². The van der Waals surface area contributed by atoms with Crippen molar-refractivity contribution in [2.45, 2.75) is 72.0 Å². The van der Waals surface area contributed by atoms with Crippen molar-refractivity contribution in [2.24, 2.45) is 0 Å². The quantitative estimate of drug-likeness (QED) is 0.184. The van der Waals surface area contributed by atoms with Crippen molar-refractivity contribution in [3.63, 3.8) is 0 Å². The van der Waals surface area contributed by atoms with E-state index in [0.717, 1.165) is 11.1 Å². The van der Waals surface area contributed by atoms with E-state index in [1.54, 1.807) is 14.2 Å². The normalized spacial score (nSPS) is 12.4. The van der Waals surface area contributed by atoms with E-state index in [2.05, 4.69) is 0 Å². The average Bonchev–Trinajstić information content (AvgIpc) is 3.73. The summed E-state index contributed by atoms with van der Waals surface area (Å²) < 4.78 is 21.5. The summed E-state index contributed by atoms with van der Waals surface area (Å²) in [6, 6.07) is 33.6. The minimum absolute atomic E-state index is 0.199. The lowest BCUT2D eigenvalue weighted by molar-refractivity contribution is 0.106. The van der Waals surface area contributed by atoms with E-state index in [4.69, 9.17) is 18.9 Å². The number of hydrogen-bond acceptors (Lipinski definition) is 6. The summed E-state index contributed by atoms with van der Waals surface area (Å²) in [5.74, 6) is 2.60. The monoisotopic (exact) mass is 618 g/mol. The first kappa shape index (κ1) is 39.0. The van der Waals surface area contributed by atoms with Crippen LogP contribution in [-0.4, -0.2) is 37.6 Å². The molecule has 6 nitrogen and oxygen atoms in total.